The molecule has 3 saturated heterocycles. The Hall–Kier alpha value is -14.9. The molecule has 22 N–H and O–H groups in total. The van der Waals surface area contributed by atoms with Gasteiger partial charge in [0.1, 0.15) is 90.8 Å². The zero-order valence-corrected chi connectivity index (χ0v) is 85.0. The summed E-state index contributed by atoms with van der Waals surface area (Å²) >= 11 is 0.626. The molecule has 149 heavy (non-hydrogen) atoms. The maximum Gasteiger partial charge on any atom is 0.327 e. The maximum atomic E-state index is 16.2. The Morgan fingerprint density at radius 1 is 0.570 bits per heavy atom. The number of fused-ring (bicyclic) bond motifs is 4. The third-order valence-electron chi connectivity index (χ3n) is 26.7. The molecule has 3 fully saturated rings. The van der Waals surface area contributed by atoms with Crippen molar-refractivity contribution in [1.82, 2.24) is 97.2 Å². The highest BCUT2D eigenvalue weighted by atomic mass is 32.2. The van der Waals surface area contributed by atoms with Gasteiger partial charge in [-0.05, 0) is 138 Å². The number of unbranched alkanes of at least 4 members (excludes halogenated alkanes) is 4. The number of carbonyl (C=O) groups excluding carboxylic acids is 16. The van der Waals surface area contributed by atoms with Crippen LogP contribution in [0.4, 0.5) is 0 Å². The van der Waals surface area contributed by atoms with Crippen LogP contribution >= 0.6 is 11.8 Å². The first kappa shape index (κ1) is 118. The molecule has 6 heterocycles. The third-order valence-corrected chi connectivity index (χ3v) is 27.7. The van der Waals surface area contributed by atoms with Crippen molar-refractivity contribution in [1.29, 1.82) is 0 Å². The smallest absolute Gasteiger partial charge is 0.327 e. The number of benzene rings is 3. The number of aliphatic hydroxyl groups is 1. The number of hydrogen-bond donors (Lipinski definition) is 20. The molecule has 0 spiro atoms. The van der Waals surface area contributed by atoms with Gasteiger partial charge in [-0.1, -0.05) is 88.1 Å². The number of terminal acetylenes is 1. The predicted octanol–water partition coefficient (Wildman–Crippen LogP) is -0.752. The van der Waals surface area contributed by atoms with Crippen molar-refractivity contribution in [3.05, 3.63) is 120 Å². The van der Waals surface area contributed by atoms with Crippen molar-refractivity contribution >= 4 is 152 Å². The number of thioether (sulfide) groups is 1. The minimum Gasteiger partial charge on any atom is -0.508 e. The number of aromatic nitrogens is 4. The molecule has 808 valence electrons. The van der Waals surface area contributed by atoms with Crippen LogP contribution in [0.25, 0.3) is 21.8 Å². The number of likely N-dealkylation sites (N-methyl/N-ethyl adjacent to an activating group) is 3. The van der Waals surface area contributed by atoms with E-state index >= 15 is 43.2 Å². The zero-order valence-electron chi connectivity index (χ0n) is 84.2. The van der Waals surface area contributed by atoms with Gasteiger partial charge in [0.2, 0.25) is 88.6 Å². The van der Waals surface area contributed by atoms with E-state index in [9.17, 15) is 83.4 Å². The molecule has 15 amide bonds. The van der Waals surface area contributed by atoms with Crippen LogP contribution in [-0.4, -0.2) is 349 Å². The van der Waals surface area contributed by atoms with E-state index in [1.54, 1.807) is 68.6 Å². The lowest BCUT2D eigenvalue weighted by molar-refractivity contribution is -0.149. The first-order chi connectivity index (χ1) is 71.1. The van der Waals surface area contributed by atoms with E-state index in [0.29, 0.717) is 69.5 Å². The number of carboxylic acid groups (broad SMARTS) is 4. The number of hydrogen-bond acceptors (Lipinski definition) is 26. The molecule has 6 aromatic rings. The number of para-hydroxylation sites is 2. The minimum absolute atomic E-state index is 0.0856. The normalized spacial score (nSPS) is 23.7. The van der Waals surface area contributed by atoms with Gasteiger partial charge in [0.15, 0.2) is 5.78 Å². The van der Waals surface area contributed by atoms with Crippen LogP contribution in [0.3, 0.4) is 0 Å². The van der Waals surface area contributed by atoms with E-state index in [0.717, 1.165) is 31.5 Å². The summed E-state index contributed by atoms with van der Waals surface area (Å²) in [6.45, 7) is 2.78. The summed E-state index contributed by atoms with van der Waals surface area (Å²) < 4.78 is 1.42. The lowest BCUT2D eigenvalue weighted by Crippen LogP contribution is -2.60. The molecule has 3 aromatic heterocycles. The van der Waals surface area contributed by atoms with Gasteiger partial charge in [-0.3, -0.25) is 91.1 Å². The SMILES string of the molecule is C#CC[C@H](NC(=O)CNC(=O)[C@@H]1CSCC(=O)N[C@@H](Cc2ccc(O)cc2)C(=O)N(C)[C@@H](C)C(=O)N[C@@H](CC(=O)O)C(=O)N2CCC[C@H]2C(=O)N[C@@H](Cc2c[nH]cn2)C(=O)N[C@@H](CCCCN)C(=O)N2C[C@H](O)C[C@H]2C(=O)C[C@@H](Cc2c[nH]c3ccccc23)C(=O)N[C@@H](CCCCN)C(=O)N[C@@H](Cc2cn(CC(=O)O)c3ccccc23)C(=O)N(C)[C@@H](CCCC)C(=O)N(C)[C@@H](CCCC)C(=O)N[C@@H](CCC(=O)O)C(=O)N1)C(=O)O. The van der Waals surface area contributed by atoms with Gasteiger partial charge in [-0.25, -0.2) is 9.78 Å². The maximum absolute atomic E-state index is 16.2. The number of aromatic hydroxyl groups is 1. The standard InChI is InChI=1S/C101H137N21O26S/c1-8-11-28-78-94(140)111-69(36-37-85(128)129)92(138)116-76(90(136)106-50-83(126)108-71(22-10-3)101(147)148)54-149-55-84(127)109-73(41-58-32-34-63(123)35-33-58)96(142)117(5)57(4)88(134)114-75(47-86(130)131)99(145)121-40-21-31-79(121)95(141)113-72(45-62-49-104-56-107-62)93(139)112-70(27-18-20-39-103)98(144)122-52-64(124)46-81(122)82(125)44-59(42-60-48-105-67-25-15-13-23-65(60)67)89(135)110-68(26-17-19-38-102)91(137)115-74(97(143)119(7)80(29-12-9-2)100(146)118(78)6)43-61-51-120(53-87(132)133)77-30-16-14-24-66(61)77/h3,13-16,23-25,30,32-35,48-49,51,56-57,59,64,68-76,78-81,105,123-124H,8-9,11-12,17-22,26-29,31,36-47,50,52-55,102-103H2,1-2,4-7H3,(H,104,107)(H,106,136)(H,108,126)(H,109,127)(H,110,135)(H,111,140)(H,112,139)(H,113,141)(H,114,134)(H,115,137)(H,116,138)(H,128,129)(H,130,131)(H,132,133)(H,147,148)/t57-,59+,64+,68-,69-,70-,71-,72-,73-,74-,75-,76-,78-,79-,80-,81-/m0/s1. The van der Waals surface area contributed by atoms with Gasteiger partial charge < -0.3 is 134 Å². The summed E-state index contributed by atoms with van der Waals surface area (Å²) in [5.41, 5.74) is 14.5. The zero-order chi connectivity index (χ0) is 109. The molecule has 0 saturated carbocycles. The minimum atomic E-state index is -1.96. The number of nitrogens with zero attached hydrogens (tertiary/aromatic N) is 7. The van der Waals surface area contributed by atoms with Crippen LogP contribution in [0.5, 0.6) is 5.75 Å². The Morgan fingerprint density at radius 2 is 1.17 bits per heavy atom. The van der Waals surface area contributed by atoms with Crippen LogP contribution in [0.1, 0.15) is 172 Å². The molecule has 9 rings (SSSR count). The summed E-state index contributed by atoms with van der Waals surface area (Å²) in [4.78, 5) is 308. The Labute approximate surface area is 864 Å². The fourth-order valence-corrected chi connectivity index (χ4v) is 19.3. The number of aromatic amines is 2. The van der Waals surface area contributed by atoms with E-state index in [1.807, 2.05) is 0 Å². The van der Waals surface area contributed by atoms with Crippen LogP contribution in [0.15, 0.2) is 97.7 Å². The van der Waals surface area contributed by atoms with Gasteiger partial charge in [0, 0.05) is 131 Å². The number of ketones is 1. The highest BCUT2D eigenvalue weighted by molar-refractivity contribution is 8.00. The number of aliphatic hydroxyl groups excluding tert-OH is 1. The number of rotatable bonds is 35. The van der Waals surface area contributed by atoms with Crippen LogP contribution in [0, 0.1) is 18.3 Å². The third kappa shape index (κ3) is 33.8. The number of carbonyl (C=O) groups is 20. The number of imidazole rings is 1. The number of phenolic OH excluding ortho intramolecular Hbond substituents is 1. The fraction of sp³-hybridized carbons (Fsp3) is 0.535. The Balaban J connectivity index is 1.15. The molecule has 0 unspecified atom stereocenters. The second-order valence-corrected chi connectivity index (χ2v) is 38.7. The fourth-order valence-electron chi connectivity index (χ4n) is 18.4. The van der Waals surface area contributed by atoms with Crippen molar-refractivity contribution in [3.63, 3.8) is 0 Å². The largest absolute Gasteiger partial charge is 0.508 e. The molecule has 0 aliphatic carbocycles. The highest BCUT2D eigenvalue weighted by Gasteiger charge is 2.47. The van der Waals surface area contributed by atoms with Gasteiger partial charge in [-0.15, -0.1) is 24.1 Å². The number of carboxylic acids is 4. The summed E-state index contributed by atoms with van der Waals surface area (Å²) in [5, 5.41) is 89.2. The molecule has 0 radical (unpaired) electrons. The Kier molecular flexibility index (Phi) is 45.4. The molecular weight excluding hydrogens is 1960 g/mol. The van der Waals surface area contributed by atoms with E-state index in [2.05, 4.69) is 74.0 Å². The van der Waals surface area contributed by atoms with Gasteiger partial charge >= 0.3 is 23.9 Å². The van der Waals surface area contributed by atoms with Crippen LogP contribution in [0.2, 0.25) is 0 Å². The average Bonchev–Trinajstić information content (AvgIpc) is 1.67. The molecule has 3 aliphatic heterocycles. The molecule has 3 aromatic carbocycles. The highest BCUT2D eigenvalue weighted by Crippen LogP contribution is 2.31. The number of amides is 15. The number of aliphatic carboxylic acids is 4. The second-order valence-electron chi connectivity index (χ2n) is 37.6. The van der Waals surface area contributed by atoms with Gasteiger partial charge in [0.25, 0.3) is 0 Å². The summed E-state index contributed by atoms with van der Waals surface area (Å²) in [5.74, 6) is -22.7. The molecule has 0 bridgehead atoms. The Bertz CT molecular complexity index is 5790. The number of H-pyrrole nitrogens is 2. The van der Waals surface area contributed by atoms with Crippen molar-refractivity contribution in [2.24, 2.45) is 17.4 Å². The van der Waals surface area contributed by atoms with E-state index in [-0.39, 0.29) is 127 Å². The average molecular weight is 2090 g/mol. The summed E-state index contributed by atoms with van der Waals surface area (Å²) in [6, 6.07) is -4.07. The topological polar surface area (TPSA) is 701 Å². The van der Waals surface area contributed by atoms with Crippen molar-refractivity contribution in [2.75, 3.05) is 65.4 Å². The Morgan fingerprint density at radius 3 is 1.82 bits per heavy atom. The second kappa shape index (κ2) is 57.5. The molecule has 16 atom stereocenters. The number of phenols is 1. The van der Waals surface area contributed by atoms with Gasteiger partial charge in [0.05, 0.1) is 42.9 Å². The molecule has 3 aliphatic rings. The van der Waals surface area contributed by atoms with Gasteiger partial charge in [-0.2, -0.15) is 0 Å². The first-order valence-electron chi connectivity index (χ1n) is 49.9. The molecule has 48 heteroatoms. The van der Waals surface area contributed by atoms with E-state index in [1.165, 1.54) is 68.6 Å². The quantitative estimate of drug-likeness (QED) is 0.0172. The van der Waals surface area contributed by atoms with E-state index < -0.39 is 285 Å². The van der Waals surface area contributed by atoms with Crippen molar-refractivity contribution in [2.45, 2.75) is 272 Å². The number of Topliss-reactive ketones (excluding diaryl/α,β-unsaturated/α-hetero) is 1. The van der Waals surface area contributed by atoms with Crippen molar-refractivity contribution in [3.8, 4) is 18.1 Å². The first-order valence-corrected chi connectivity index (χ1v) is 51.0. The monoisotopic (exact) mass is 2090 g/mol. The predicted molar refractivity (Wildman–Crippen MR) is 541 cm³/mol. The molecular formula is C101H137N21O26S. The number of nitrogens with one attached hydrogen (secondary N) is 12. The summed E-state index contributed by atoms with van der Waals surface area (Å²) in [7, 11) is 3.69. The van der Waals surface area contributed by atoms with Crippen LogP contribution < -0.4 is 64.6 Å². The van der Waals surface area contributed by atoms with E-state index in [4.69, 9.17) is 17.9 Å². The lowest BCUT2D eigenvalue weighted by Gasteiger charge is -2.36. The van der Waals surface area contributed by atoms with Crippen molar-refractivity contribution < 1.29 is 127 Å². The number of nitrogens with two attached hydrogens (primary N) is 2. The lowest BCUT2D eigenvalue weighted by atomic mass is 9.90. The van der Waals surface area contributed by atoms with Crippen LogP contribution in [-0.2, 0) is 128 Å². The molecule has 47 nitrogen and oxygen atoms in total. The summed E-state index contributed by atoms with van der Waals surface area (Å²) in [6.07, 6.45) is 5.94.